The van der Waals surface area contributed by atoms with Gasteiger partial charge in [0, 0.05) is 11.3 Å². The Labute approximate surface area is 123 Å². The van der Waals surface area contributed by atoms with E-state index in [0.717, 1.165) is 16.8 Å². The van der Waals surface area contributed by atoms with Crippen molar-refractivity contribution in [1.82, 2.24) is 4.98 Å². The van der Waals surface area contributed by atoms with E-state index in [1.54, 1.807) is 13.0 Å². The van der Waals surface area contributed by atoms with Crippen molar-refractivity contribution in [3.05, 3.63) is 70.2 Å². The maximum absolute atomic E-state index is 11.8. The van der Waals surface area contributed by atoms with Gasteiger partial charge in [0.2, 0.25) is 0 Å². The molecule has 1 aromatic carbocycles. The van der Waals surface area contributed by atoms with Crippen LogP contribution in [0.2, 0.25) is 0 Å². The first-order valence-electron chi connectivity index (χ1n) is 6.57. The molecule has 0 bridgehead atoms. The van der Waals surface area contributed by atoms with Crippen molar-refractivity contribution >= 4 is 0 Å². The van der Waals surface area contributed by atoms with Gasteiger partial charge in [-0.3, -0.25) is 4.79 Å². The SMILES string of the molecule is C=CCOCc1cccc(-c2cc(C)[nH]c(=O)c2C#N)c1. The van der Waals surface area contributed by atoms with Crippen molar-refractivity contribution in [3.63, 3.8) is 0 Å². The van der Waals surface area contributed by atoms with Crippen LogP contribution in [0.3, 0.4) is 0 Å². The van der Waals surface area contributed by atoms with Crippen molar-refractivity contribution in [1.29, 1.82) is 5.26 Å². The molecular weight excluding hydrogens is 264 g/mol. The van der Waals surface area contributed by atoms with Gasteiger partial charge in [0.05, 0.1) is 13.2 Å². The van der Waals surface area contributed by atoms with E-state index < -0.39 is 0 Å². The number of nitrogens with zero attached hydrogens (tertiary/aromatic N) is 1. The number of hydrogen-bond donors (Lipinski definition) is 1. The van der Waals surface area contributed by atoms with Gasteiger partial charge in [-0.15, -0.1) is 6.58 Å². The minimum absolute atomic E-state index is 0.129. The molecule has 0 saturated heterocycles. The fourth-order valence-electron chi connectivity index (χ4n) is 2.12. The van der Waals surface area contributed by atoms with Crippen molar-refractivity contribution < 1.29 is 4.74 Å². The predicted molar refractivity (Wildman–Crippen MR) is 81.8 cm³/mol. The summed E-state index contributed by atoms with van der Waals surface area (Å²) < 4.78 is 5.41. The number of benzene rings is 1. The molecule has 0 atom stereocenters. The van der Waals surface area contributed by atoms with Gasteiger partial charge in [-0.1, -0.05) is 24.3 Å². The second-order valence-corrected chi connectivity index (χ2v) is 4.69. The summed E-state index contributed by atoms with van der Waals surface area (Å²) in [5.41, 5.74) is 2.95. The Balaban J connectivity index is 2.43. The lowest BCUT2D eigenvalue weighted by molar-refractivity contribution is 0.149. The highest BCUT2D eigenvalue weighted by atomic mass is 16.5. The zero-order valence-electron chi connectivity index (χ0n) is 11.8. The summed E-state index contributed by atoms with van der Waals surface area (Å²) in [6.45, 7) is 6.34. The minimum Gasteiger partial charge on any atom is -0.373 e. The largest absolute Gasteiger partial charge is 0.373 e. The molecule has 4 heteroatoms. The normalized spacial score (nSPS) is 10.1. The highest BCUT2D eigenvalue weighted by Crippen LogP contribution is 2.23. The number of H-pyrrole nitrogens is 1. The third-order valence-corrected chi connectivity index (χ3v) is 3.02. The van der Waals surface area contributed by atoms with Gasteiger partial charge in [0.15, 0.2) is 0 Å². The summed E-state index contributed by atoms with van der Waals surface area (Å²) in [5, 5.41) is 9.19. The van der Waals surface area contributed by atoms with Crippen molar-refractivity contribution in [2.75, 3.05) is 6.61 Å². The Morgan fingerprint density at radius 2 is 2.24 bits per heavy atom. The highest BCUT2D eigenvalue weighted by molar-refractivity contribution is 5.70. The first-order chi connectivity index (χ1) is 10.2. The van der Waals surface area contributed by atoms with Crippen LogP contribution >= 0.6 is 0 Å². The Morgan fingerprint density at radius 3 is 2.95 bits per heavy atom. The van der Waals surface area contributed by atoms with E-state index in [1.807, 2.05) is 36.4 Å². The first kappa shape index (κ1) is 14.8. The van der Waals surface area contributed by atoms with Crippen LogP contribution in [-0.4, -0.2) is 11.6 Å². The van der Waals surface area contributed by atoms with Gasteiger partial charge in [-0.05, 0) is 30.2 Å². The van der Waals surface area contributed by atoms with Crippen LogP contribution in [0.15, 0.2) is 47.8 Å². The van der Waals surface area contributed by atoms with E-state index in [0.29, 0.717) is 18.8 Å². The minimum atomic E-state index is -0.360. The van der Waals surface area contributed by atoms with E-state index in [-0.39, 0.29) is 11.1 Å². The van der Waals surface area contributed by atoms with Crippen LogP contribution in [0.25, 0.3) is 11.1 Å². The molecule has 0 aliphatic rings. The van der Waals surface area contributed by atoms with Crippen LogP contribution in [0.4, 0.5) is 0 Å². The number of aromatic nitrogens is 1. The third kappa shape index (κ3) is 3.47. The fraction of sp³-hybridized carbons (Fsp3) is 0.176. The van der Waals surface area contributed by atoms with Gasteiger partial charge < -0.3 is 9.72 Å². The predicted octanol–water partition coefficient (Wildman–Crippen LogP) is 2.92. The zero-order chi connectivity index (χ0) is 15.2. The van der Waals surface area contributed by atoms with Crippen LogP contribution in [0.5, 0.6) is 0 Å². The molecule has 21 heavy (non-hydrogen) atoms. The third-order valence-electron chi connectivity index (χ3n) is 3.02. The van der Waals surface area contributed by atoms with E-state index in [9.17, 15) is 10.1 Å². The number of aromatic amines is 1. The number of nitriles is 1. The van der Waals surface area contributed by atoms with Gasteiger partial charge in [-0.25, -0.2) is 0 Å². The van der Waals surface area contributed by atoms with E-state index in [1.165, 1.54) is 0 Å². The van der Waals surface area contributed by atoms with E-state index in [4.69, 9.17) is 4.74 Å². The Morgan fingerprint density at radius 1 is 1.43 bits per heavy atom. The van der Waals surface area contributed by atoms with Crippen LogP contribution < -0.4 is 5.56 Å². The fourth-order valence-corrected chi connectivity index (χ4v) is 2.12. The Hall–Kier alpha value is -2.64. The average Bonchev–Trinajstić information content (AvgIpc) is 2.47. The summed E-state index contributed by atoms with van der Waals surface area (Å²) in [4.78, 5) is 14.5. The van der Waals surface area contributed by atoms with Gasteiger partial charge in [0.1, 0.15) is 11.6 Å². The second-order valence-electron chi connectivity index (χ2n) is 4.69. The quantitative estimate of drug-likeness (QED) is 0.676. The lowest BCUT2D eigenvalue weighted by Crippen LogP contribution is -2.12. The molecule has 0 aliphatic heterocycles. The van der Waals surface area contributed by atoms with E-state index in [2.05, 4.69) is 11.6 Å². The van der Waals surface area contributed by atoms with Crippen molar-refractivity contribution in [2.24, 2.45) is 0 Å². The smallest absolute Gasteiger partial charge is 0.266 e. The van der Waals surface area contributed by atoms with Gasteiger partial charge >= 0.3 is 0 Å². The molecule has 4 nitrogen and oxygen atoms in total. The number of nitrogens with one attached hydrogen (secondary N) is 1. The molecule has 2 rings (SSSR count). The van der Waals surface area contributed by atoms with E-state index >= 15 is 0 Å². The molecule has 0 spiro atoms. The molecule has 0 aliphatic carbocycles. The maximum atomic E-state index is 11.8. The first-order valence-corrected chi connectivity index (χ1v) is 6.57. The van der Waals surface area contributed by atoms with Crippen LogP contribution in [0.1, 0.15) is 16.8 Å². The lowest BCUT2D eigenvalue weighted by atomic mass is 9.99. The molecule has 2 aromatic rings. The molecule has 1 N–H and O–H groups in total. The second kappa shape index (κ2) is 6.69. The van der Waals surface area contributed by atoms with Crippen LogP contribution in [-0.2, 0) is 11.3 Å². The summed E-state index contributed by atoms with van der Waals surface area (Å²) in [5.74, 6) is 0. The number of pyridine rings is 1. The monoisotopic (exact) mass is 280 g/mol. The van der Waals surface area contributed by atoms with Crippen LogP contribution in [0, 0.1) is 18.3 Å². The number of rotatable bonds is 5. The van der Waals surface area contributed by atoms with Crippen molar-refractivity contribution in [2.45, 2.75) is 13.5 Å². The summed E-state index contributed by atoms with van der Waals surface area (Å²) in [7, 11) is 0. The number of hydrogen-bond acceptors (Lipinski definition) is 3. The van der Waals surface area contributed by atoms with Crippen molar-refractivity contribution in [3.8, 4) is 17.2 Å². The molecule has 0 fully saturated rings. The molecule has 0 unspecified atom stereocenters. The zero-order valence-corrected chi connectivity index (χ0v) is 11.8. The molecule has 1 aromatic heterocycles. The van der Waals surface area contributed by atoms with Gasteiger partial charge in [-0.2, -0.15) is 5.26 Å². The standard InChI is InChI=1S/C17H16N2O2/c1-3-7-21-11-13-5-4-6-14(9-13)15-8-12(2)19-17(20)16(15)10-18/h3-6,8-9H,1,7,11H2,2H3,(H,19,20). The lowest BCUT2D eigenvalue weighted by Gasteiger charge is -2.08. The maximum Gasteiger partial charge on any atom is 0.266 e. The summed E-state index contributed by atoms with van der Waals surface area (Å²) in [6, 6.07) is 11.4. The molecular formula is C17H16N2O2. The number of ether oxygens (including phenoxy) is 1. The highest BCUT2D eigenvalue weighted by Gasteiger charge is 2.10. The average molecular weight is 280 g/mol. The summed E-state index contributed by atoms with van der Waals surface area (Å²) >= 11 is 0. The van der Waals surface area contributed by atoms with Gasteiger partial charge in [0.25, 0.3) is 5.56 Å². The number of aryl methyl sites for hydroxylation is 1. The molecule has 0 radical (unpaired) electrons. The Bertz CT molecular complexity index is 754. The Kier molecular flexibility index (Phi) is 4.70. The molecule has 1 heterocycles. The molecule has 0 amide bonds. The molecule has 0 saturated carbocycles. The summed E-state index contributed by atoms with van der Waals surface area (Å²) in [6.07, 6.45) is 1.69. The molecule has 106 valence electrons. The topological polar surface area (TPSA) is 65.9 Å².